The van der Waals surface area contributed by atoms with Crippen LogP contribution in [0.2, 0.25) is 0 Å². The molecule has 0 atom stereocenters. The lowest BCUT2D eigenvalue weighted by atomic mass is 10.0. The molecule has 0 spiro atoms. The van der Waals surface area contributed by atoms with Crippen LogP contribution in [0, 0.1) is 6.92 Å². The molecule has 21 heavy (non-hydrogen) atoms. The van der Waals surface area contributed by atoms with Crippen LogP contribution in [-0.4, -0.2) is 34.6 Å². The molecule has 0 aliphatic rings. The normalized spacial score (nSPS) is 10.4. The highest BCUT2D eigenvalue weighted by molar-refractivity contribution is 5.94. The minimum absolute atomic E-state index is 0.196. The van der Waals surface area contributed by atoms with Crippen molar-refractivity contribution in [3.8, 4) is 17.0 Å². The molecule has 2 rings (SSSR count). The molecule has 0 aliphatic carbocycles. The summed E-state index contributed by atoms with van der Waals surface area (Å²) in [6, 6.07) is 5.66. The molecule has 112 valence electrons. The van der Waals surface area contributed by atoms with E-state index in [1.807, 2.05) is 25.1 Å². The Bertz CT molecular complexity index is 622. The molecular formula is C15H19N3O3. The molecule has 1 N–H and O–H groups in total. The number of esters is 1. The Kier molecular flexibility index (Phi) is 4.92. The zero-order chi connectivity index (χ0) is 15.2. The number of carbonyl (C=O) groups is 1. The summed E-state index contributed by atoms with van der Waals surface area (Å²) in [4.78, 5) is 11.9. The summed E-state index contributed by atoms with van der Waals surface area (Å²) in [5.74, 6) is 0.325. The van der Waals surface area contributed by atoms with Crippen molar-refractivity contribution in [3.63, 3.8) is 0 Å². The highest BCUT2D eigenvalue weighted by Crippen LogP contribution is 2.27. The molecule has 0 radical (unpaired) electrons. The number of aryl methyl sites for hydroxylation is 1. The second kappa shape index (κ2) is 6.88. The van der Waals surface area contributed by atoms with Gasteiger partial charge in [-0.2, -0.15) is 10.3 Å². The lowest BCUT2D eigenvalue weighted by Gasteiger charge is -2.09. The number of aromatic amines is 1. The monoisotopic (exact) mass is 289 g/mol. The van der Waals surface area contributed by atoms with Gasteiger partial charge in [0.25, 0.3) is 0 Å². The third-order valence-electron chi connectivity index (χ3n) is 2.94. The van der Waals surface area contributed by atoms with Gasteiger partial charge in [-0.3, -0.25) is 0 Å². The van der Waals surface area contributed by atoms with Gasteiger partial charge in [0.15, 0.2) is 5.69 Å². The summed E-state index contributed by atoms with van der Waals surface area (Å²) < 4.78 is 10.6. The van der Waals surface area contributed by atoms with E-state index >= 15 is 0 Å². The summed E-state index contributed by atoms with van der Waals surface area (Å²) in [6.07, 6.45) is 0.955. The van der Waals surface area contributed by atoms with Gasteiger partial charge in [-0.1, -0.05) is 6.92 Å². The van der Waals surface area contributed by atoms with E-state index in [4.69, 9.17) is 9.47 Å². The summed E-state index contributed by atoms with van der Waals surface area (Å²) >= 11 is 0. The fraction of sp³-hybridized carbons (Fsp3) is 0.400. The number of hydrogen-bond donors (Lipinski definition) is 1. The summed E-state index contributed by atoms with van der Waals surface area (Å²) in [5.41, 5.74) is 2.48. The number of carbonyl (C=O) groups excluding carboxylic acids is 1. The van der Waals surface area contributed by atoms with E-state index in [1.165, 1.54) is 0 Å². The molecule has 0 unspecified atom stereocenters. The quantitative estimate of drug-likeness (QED) is 0.827. The standard InChI is InChI=1S/C15H19N3O3/c1-4-8-21-11-6-7-12(10(3)9-11)13-14(17-18-16-13)15(19)20-5-2/h6-7,9H,4-5,8H2,1-3H3,(H,16,17,18). The maximum atomic E-state index is 11.9. The molecule has 0 fully saturated rings. The van der Waals surface area contributed by atoms with E-state index in [9.17, 15) is 4.79 Å². The maximum absolute atomic E-state index is 11.9. The number of nitrogens with zero attached hydrogens (tertiary/aromatic N) is 2. The van der Waals surface area contributed by atoms with Crippen LogP contribution in [0.15, 0.2) is 18.2 Å². The Balaban J connectivity index is 2.30. The number of aromatic nitrogens is 3. The van der Waals surface area contributed by atoms with Crippen molar-refractivity contribution in [2.24, 2.45) is 0 Å². The number of ether oxygens (including phenoxy) is 2. The van der Waals surface area contributed by atoms with E-state index < -0.39 is 5.97 Å². The van der Waals surface area contributed by atoms with Crippen molar-refractivity contribution in [3.05, 3.63) is 29.5 Å². The first-order valence-electron chi connectivity index (χ1n) is 6.99. The molecule has 1 heterocycles. The fourth-order valence-electron chi connectivity index (χ4n) is 1.97. The molecule has 1 aromatic heterocycles. The van der Waals surface area contributed by atoms with Crippen molar-refractivity contribution in [1.82, 2.24) is 15.4 Å². The minimum atomic E-state index is -0.480. The average Bonchev–Trinajstić information content (AvgIpc) is 2.94. The van der Waals surface area contributed by atoms with Crippen molar-refractivity contribution < 1.29 is 14.3 Å². The third-order valence-corrected chi connectivity index (χ3v) is 2.94. The van der Waals surface area contributed by atoms with Crippen LogP contribution in [0.25, 0.3) is 11.3 Å². The molecule has 6 nitrogen and oxygen atoms in total. The highest BCUT2D eigenvalue weighted by Gasteiger charge is 2.20. The molecule has 0 amide bonds. The van der Waals surface area contributed by atoms with Crippen molar-refractivity contribution in [2.75, 3.05) is 13.2 Å². The van der Waals surface area contributed by atoms with Gasteiger partial charge >= 0.3 is 5.97 Å². The van der Waals surface area contributed by atoms with E-state index in [2.05, 4.69) is 22.3 Å². The first-order valence-corrected chi connectivity index (χ1v) is 6.99. The van der Waals surface area contributed by atoms with Gasteiger partial charge in [-0.25, -0.2) is 4.79 Å². The summed E-state index contributed by atoms with van der Waals surface area (Å²) in [5, 5.41) is 10.4. The van der Waals surface area contributed by atoms with Crippen LogP contribution in [0.3, 0.4) is 0 Å². The smallest absolute Gasteiger partial charge is 0.361 e. The number of benzene rings is 1. The Labute approximate surface area is 123 Å². The van der Waals surface area contributed by atoms with Crippen LogP contribution < -0.4 is 4.74 Å². The van der Waals surface area contributed by atoms with Crippen LogP contribution in [-0.2, 0) is 4.74 Å². The Morgan fingerprint density at radius 3 is 2.76 bits per heavy atom. The van der Waals surface area contributed by atoms with Crippen molar-refractivity contribution in [1.29, 1.82) is 0 Å². The van der Waals surface area contributed by atoms with Crippen LogP contribution in [0.1, 0.15) is 36.3 Å². The van der Waals surface area contributed by atoms with E-state index in [0.29, 0.717) is 18.9 Å². The van der Waals surface area contributed by atoms with E-state index in [0.717, 1.165) is 23.3 Å². The maximum Gasteiger partial charge on any atom is 0.361 e. The second-order valence-electron chi connectivity index (χ2n) is 4.57. The Hall–Kier alpha value is -2.37. The fourth-order valence-corrected chi connectivity index (χ4v) is 1.97. The average molecular weight is 289 g/mol. The molecule has 0 bridgehead atoms. The molecule has 2 aromatic rings. The first-order chi connectivity index (χ1) is 10.2. The summed E-state index contributed by atoms with van der Waals surface area (Å²) in [7, 11) is 0. The number of H-pyrrole nitrogens is 1. The van der Waals surface area contributed by atoms with E-state index in [-0.39, 0.29) is 5.69 Å². The predicted molar refractivity (Wildman–Crippen MR) is 78.3 cm³/mol. The zero-order valence-electron chi connectivity index (χ0n) is 12.5. The minimum Gasteiger partial charge on any atom is -0.494 e. The third kappa shape index (κ3) is 3.39. The summed E-state index contributed by atoms with van der Waals surface area (Å²) in [6.45, 7) is 6.73. The number of nitrogens with one attached hydrogen (secondary N) is 1. The first kappa shape index (κ1) is 15.0. The van der Waals surface area contributed by atoms with Crippen molar-refractivity contribution >= 4 is 5.97 Å². The predicted octanol–water partition coefficient (Wildman–Crippen LogP) is 2.75. The second-order valence-corrected chi connectivity index (χ2v) is 4.57. The van der Waals surface area contributed by atoms with Crippen LogP contribution in [0.4, 0.5) is 0 Å². The van der Waals surface area contributed by atoms with Gasteiger partial charge in [0.2, 0.25) is 0 Å². The lowest BCUT2D eigenvalue weighted by Crippen LogP contribution is -2.07. The molecule has 6 heteroatoms. The van der Waals surface area contributed by atoms with Gasteiger partial charge in [0.1, 0.15) is 11.4 Å². The zero-order valence-corrected chi connectivity index (χ0v) is 12.5. The van der Waals surface area contributed by atoms with E-state index in [1.54, 1.807) is 6.92 Å². The Morgan fingerprint density at radius 1 is 1.29 bits per heavy atom. The van der Waals surface area contributed by atoms with Crippen LogP contribution >= 0.6 is 0 Å². The number of rotatable bonds is 6. The molecule has 0 saturated carbocycles. The molecular weight excluding hydrogens is 270 g/mol. The largest absolute Gasteiger partial charge is 0.494 e. The Morgan fingerprint density at radius 2 is 2.10 bits per heavy atom. The number of hydrogen-bond acceptors (Lipinski definition) is 5. The molecule has 0 aliphatic heterocycles. The topological polar surface area (TPSA) is 77.1 Å². The van der Waals surface area contributed by atoms with Gasteiger partial charge < -0.3 is 9.47 Å². The van der Waals surface area contributed by atoms with Gasteiger partial charge in [-0.05, 0) is 44.0 Å². The van der Waals surface area contributed by atoms with Gasteiger partial charge in [0, 0.05) is 5.56 Å². The van der Waals surface area contributed by atoms with Gasteiger partial charge in [0.05, 0.1) is 13.2 Å². The van der Waals surface area contributed by atoms with Crippen molar-refractivity contribution in [2.45, 2.75) is 27.2 Å². The van der Waals surface area contributed by atoms with Crippen LogP contribution in [0.5, 0.6) is 5.75 Å². The molecule has 0 saturated heterocycles. The molecule has 1 aromatic carbocycles. The lowest BCUT2D eigenvalue weighted by molar-refractivity contribution is 0.0520. The SMILES string of the molecule is CCCOc1ccc(-c2n[nH]nc2C(=O)OCC)c(C)c1. The van der Waals surface area contributed by atoms with Gasteiger partial charge in [-0.15, -0.1) is 5.10 Å². The highest BCUT2D eigenvalue weighted by atomic mass is 16.5.